The first-order valence-corrected chi connectivity index (χ1v) is 21.2. The van der Waals surface area contributed by atoms with Gasteiger partial charge in [-0.05, 0) is 180 Å². The Hall–Kier alpha value is -7.80. The van der Waals surface area contributed by atoms with E-state index < -0.39 is 0 Å². The molecule has 0 aliphatic carbocycles. The minimum Gasteiger partial charge on any atom is -0.0616 e. The molecule has 16 rings (SSSR count). The number of rotatable bonds is 0. The molecule has 0 nitrogen and oxygen atoms in total. The Morgan fingerprint density at radius 1 is 0.133 bits per heavy atom. The molecular weight excluding hydrogens is 721 g/mol. The molecule has 0 unspecified atom stereocenters. The van der Waals surface area contributed by atoms with Crippen LogP contribution in [0.4, 0.5) is 0 Å². The summed E-state index contributed by atoms with van der Waals surface area (Å²) in [6.45, 7) is 0. The fourth-order valence-electron chi connectivity index (χ4n) is 12.5. The lowest BCUT2D eigenvalue weighted by Gasteiger charge is -2.09. The summed E-state index contributed by atoms with van der Waals surface area (Å²) < 4.78 is 0. The number of fused-ring (bicyclic) bond motifs is 24. The fraction of sp³-hybridized carbons (Fsp3) is 0. The van der Waals surface area contributed by atoms with Crippen molar-refractivity contribution >= 4 is 162 Å². The van der Waals surface area contributed by atoms with Crippen molar-refractivity contribution in [2.24, 2.45) is 0 Å². The van der Waals surface area contributed by atoms with Crippen LogP contribution in [-0.4, -0.2) is 0 Å². The van der Waals surface area contributed by atoms with Crippen LogP contribution in [0.25, 0.3) is 162 Å². The van der Waals surface area contributed by atoms with Gasteiger partial charge >= 0.3 is 0 Å². The maximum atomic E-state index is 2.53. The molecule has 0 spiro atoms. The van der Waals surface area contributed by atoms with Crippen molar-refractivity contribution in [3.8, 4) is 0 Å². The molecule has 0 bridgehead atoms. The summed E-state index contributed by atoms with van der Waals surface area (Å²) in [5, 5.41) is 40.4. The second-order valence-electron chi connectivity index (χ2n) is 17.4. The van der Waals surface area contributed by atoms with Gasteiger partial charge in [-0.15, -0.1) is 0 Å². The van der Waals surface area contributed by atoms with Gasteiger partial charge in [0, 0.05) is 0 Å². The number of hydrogen-bond donors (Lipinski definition) is 0. The van der Waals surface area contributed by atoms with Gasteiger partial charge in [-0.1, -0.05) is 164 Å². The smallest absolute Gasteiger partial charge is 0.000673 e. The normalized spacial score (nSPS) is 13.0. The third-order valence-corrected chi connectivity index (χ3v) is 14.7. The molecule has 0 atom stereocenters. The highest BCUT2D eigenvalue weighted by Gasteiger charge is 2.28. The Morgan fingerprint density at radius 3 is 0.683 bits per heavy atom. The van der Waals surface area contributed by atoms with Gasteiger partial charge in [0.1, 0.15) is 0 Å². The van der Waals surface area contributed by atoms with Crippen LogP contribution in [0.1, 0.15) is 0 Å². The summed E-state index contributed by atoms with van der Waals surface area (Å²) in [6, 6.07) is 69.6. The molecule has 0 saturated heterocycles. The van der Waals surface area contributed by atoms with E-state index in [4.69, 9.17) is 0 Å². The highest BCUT2D eigenvalue weighted by Crippen LogP contribution is 2.57. The Balaban J connectivity index is 1.26. The molecule has 0 aliphatic rings. The molecule has 0 aromatic heterocycles. The standard InChI is InChI=1S/C60H30/c1-4-13-37-31(10-1)22-25-34-28-46-52-40(49(34)37)16-7-19-43(52)55-58(46)56-44-20-8-17-41-51-36(27-24-33-12-3-6-15-39(33)51)30-48(53(41)44)60(56)57-45-21-9-18-42-50-35(29-47(54(42)45)59(55)57)26-23-32-11-2-5-14-38(32)50/h1-30H. The molecule has 16 aromatic carbocycles. The molecule has 0 N–H and O–H groups in total. The van der Waals surface area contributed by atoms with E-state index in [9.17, 15) is 0 Å². The predicted molar refractivity (Wildman–Crippen MR) is 263 cm³/mol. The van der Waals surface area contributed by atoms with Crippen LogP contribution in [0.2, 0.25) is 0 Å². The molecule has 0 fully saturated rings. The van der Waals surface area contributed by atoms with E-state index in [1.807, 2.05) is 0 Å². The van der Waals surface area contributed by atoms with E-state index in [-0.39, 0.29) is 0 Å². The van der Waals surface area contributed by atoms with Crippen LogP contribution in [0.3, 0.4) is 0 Å². The van der Waals surface area contributed by atoms with Crippen LogP contribution >= 0.6 is 0 Å². The zero-order chi connectivity index (χ0) is 38.5. The van der Waals surface area contributed by atoms with Gasteiger partial charge in [-0.2, -0.15) is 0 Å². The second kappa shape index (κ2) is 10.2. The lowest BCUT2D eigenvalue weighted by Crippen LogP contribution is -1.81. The van der Waals surface area contributed by atoms with Crippen molar-refractivity contribution in [1.82, 2.24) is 0 Å². The van der Waals surface area contributed by atoms with Crippen LogP contribution in [0.5, 0.6) is 0 Å². The first-order valence-electron chi connectivity index (χ1n) is 21.2. The highest BCUT2D eigenvalue weighted by molar-refractivity contribution is 6.57. The van der Waals surface area contributed by atoms with Gasteiger partial charge in [0.25, 0.3) is 0 Å². The van der Waals surface area contributed by atoms with E-state index in [0.29, 0.717) is 0 Å². The Labute approximate surface area is 342 Å². The summed E-state index contributed by atoms with van der Waals surface area (Å²) in [5.74, 6) is 0. The van der Waals surface area contributed by atoms with Crippen molar-refractivity contribution < 1.29 is 0 Å². The van der Waals surface area contributed by atoms with Gasteiger partial charge in [0.05, 0.1) is 0 Å². The molecule has 270 valence electrons. The Morgan fingerprint density at radius 2 is 0.367 bits per heavy atom. The first kappa shape index (κ1) is 30.3. The van der Waals surface area contributed by atoms with Crippen molar-refractivity contribution in [2.45, 2.75) is 0 Å². The summed E-state index contributed by atoms with van der Waals surface area (Å²) in [4.78, 5) is 0. The summed E-state index contributed by atoms with van der Waals surface area (Å²) in [5.41, 5.74) is 0. The van der Waals surface area contributed by atoms with Crippen LogP contribution in [0, 0.1) is 0 Å². The maximum Gasteiger partial charge on any atom is -0.000673 e. The molecule has 60 heavy (non-hydrogen) atoms. The molecular formula is C60H30. The van der Waals surface area contributed by atoms with E-state index >= 15 is 0 Å². The summed E-state index contributed by atoms with van der Waals surface area (Å²) in [7, 11) is 0. The van der Waals surface area contributed by atoms with Gasteiger partial charge in [0.15, 0.2) is 0 Å². The molecule has 0 amide bonds. The van der Waals surface area contributed by atoms with Crippen molar-refractivity contribution in [3.05, 3.63) is 182 Å². The lowest BCUT2D eigenvalue weighted by molar-refractivity contribution is 1.80. The van der Waals surface area contributed by atoms with Gasteiger partial charge in [-0.3, -0.25) is 0 Å². The largest absolute Gasteiger partial charge is 0.0616 e. The number of benzene rings is 13. The average Bonchev–Trinajstić information content (AvgIpc) is 3.93. The lowest BCUT2D eigenvalue weighted by atomic mass is 9.94. The monoisotopic (exact) mass is 750 g/mol. The zero-order valence-electron chi connectivity index (χ0n) is 32.3. The molecule has 0 heteroatoms. The minimum absolute atomic E-state index is 1.28. The van der Waals surface area contributed by atoms with E-state index in [2.05, 4.69) is 182 Å². The predicted octanol–water partition coefficient (Wildman–Crippen LogP) is 17.3. The minimum atomic E-state index is 1.28. The Bertz CT molecular complexity index is 4120. The van der Waals surface area contributed by atoms with Crippen LogP contribution in [0.15, 0.2) is 182 Å². The molecule has 0 aliphatic heterocycles. The van der Waals surface area contributed by atoms with Gasteiger partial charge in [-0.25, -0.2) is 0 Å². The third kappa shape index (κ3) is 3.36. The molecule has 0 radical (unpaired) electrons. The van der Waals surface area contributed by atoms with E-state index in [1.165, 1.54) is 162 Å². The Kier molecular flexibility index (Phi) is 5.18. The molecule has 0 saturated carbocycles. The summed E-state index contributed by atoms with van der Waals surface area (Å²) in [6.07, 6.45) is 0. The van der Waals surface area contributed by atoms with Gasteiger partial charge in [0.2, 0.25) is 0 Å². The van der Waals surface area contributed by atoms with E-state index in [0.717, 1.165) is 0 Å². The van der Waals surface area contributed by atoms with E-state index in [1.54, 1.807) is 0 Å². The highest BCUT2D eigenvalue weighted by atomic mass is 14.3. The molecule has 16 aromatic rings. The maximum absolute atomic E-state index is 2.53. The van der Waals surface area contributed by atoms with Crippen molar-refractivity contribution in [3.63, 3.8) is 0 Å². The third-order valence-electron chi connectivity index (χ3n) is 14.7. The SMILES string of the molecule is c1ccc2c(c1)ccc1cc3c4c(cccc4c4c3c3c5cccc6c7c(ccc8ccccc87)cc(c65)c3c3c5cccc6c7c(ccc8ccccc87)cc(c65)c43)c12. The average molecular weight is 751 g/mol. The van der Waals surface area contributed by atoms with Crippen molar-refractivity contribution in [2.75, 3.05) is 0 Å². The zero-order valence-corrected chi connectivity index (χ0v) is 32.3. The number of hydrogen-bond acceptors (Lipinski definition) is 0. The van der Waals surface area contributed by atoms with Crippen LogP contribution in [-0.2, 0) is 0 Å². The van der Waals surface area contributed by atoms with Gasteiger partial charge < -0.3 is 0 Å². The first-order chi connectivity index (χ1) is 29.8. The van der Waals surface area contributed by atoms with Crippen molar-refractivity contribution in [1.29, 1.82) is 0 Å². The topological polar surface area (TPSA) is 0 Å². The quantitative estimate of drug-likeness (QED) is 0.135. The second-order valence-corrected chi connectivity index (χ2v) is 17.4. The fourth-order valence-corrected chi connectivity index (χ4v) is 12.5. The summed E-state index contributed by atoms with van der Waals surface area (Å²) >= 11 is 0. The van der Waals surface area contributed by atoms with Crippen LogP contribution < -0.4 is 0 Å². The molecule has 0 heterocycles.